The Balaban J connectivity index is 0.00000176. The van der Waals surface area contributed by atoms with E-state index in [2.05, 4.69) is 4.72 Å². The molecular formula is C14H21ClN2O4S. The van der Waals surface area contributed by atoms with Crippen LogP contribution < -0.4 is 19.9 Å². The minimum absolute atomic E-state index is 0. The van der Waals surface area contributed by atoms with Gasteiger partial charge in [-0.25, -0.2) is 13.1 Å². The van der Waals surface area contributed by atoms with Gasteiger partial charge in [-0.3, -0.25) is 0 Å². The van der Waals surface area contributed by atoms with E-state index < -0.39 is 10.0 Å². The molecule has 0 bridgehead atoms. The zero-order chi connectivity index (χ0) is 14.9. The van der Waals surface area contributed by atoms with Crippen LogP contribution in [-0.4, -0.2) is 27.8 Å². The van der Waals surface area contributed by atoms with E-state index in [0.29, 0.717) is 18.0 Å². The summed E-state index contributed by atoms with van der Waals surface area (Å²) in [7, 11) is -3.57. The maximum atomic E-state index is 12.5. The van der Waals surface area contributed by atoms with Gasteiger partial charge in [-0.05, 0) is 37.4 Å². The molecule has 6 nitrogen and oxygen atoms in total. The molecule has 0 aromatic heterocycles. The molecule has 0 amide bonds. The summed E-state index contributed by atoms with van der Waals surface area (Å²) in [6.45, 7) is 0.637. The van der Waals surface area contributed by atoms with Gasteiger partial charge in [0.1, 0.15) is 0 Å². The molecule has 1 aliphatic heterocycles. The van der Waals surface area contributed by atoms with Crippen molar-refractivity contribution in [1.29, 1.82) is 0 Å². The molecule has 0 saturated heterocycles. The zero-order valence-electron chi connectivity index (χ0n) is 12.2. The third-order valence-corrected chi connectivity index (χ3v) is 5.66. The number of nitrogens with one attached hydrogen (secondary N) is 1. The first-order valence-corrected chi connectivity index (χ1v) is 8.70. The smallest absolute Gasteiger partial charge is 0.240 e. The van der Waals surface area contributed by atoms with Crippen molar-refractivity contribution >= 4 is 22.4 Å². The van der Waals surface area contributed by atoms with Gasteiger partial charge >= 0.3 is 0 Å². The molecule has 1 aromatic carbocycles. The van der Waals surface area contributed by atoms with Gasteiger partial charge in [-0.15, -0.1) is 12.4 Å². The first-order valence-electron chi connectivity index (χ1n) is 7.22. The number of halogens is 1. The van der Waals surface area contributed by atoms with Crippen LogP contribution in [0.4, 0.5) is 0 Å². The number of benzene rings is 1. The van der Waals surface area contributed by atoms with E-state index in [9.17, 15) is 8.42 Å². The number of ether oxygens (including phenoxy) is 2. The van der Waals surface area contributed by atoms with Gasteiger partial charge in [0, 0.05) is 12.1 Å². The van der Waals surface area contributed by atoms with Crippen LogP contribution in [0.1, 0.15) is 25.7 Å². The van der Waals surface area contributed by atoms with E-state index in [4.69, 9.17) is 15.2 Å². The zero-order valence-corrected chi connectivity index (χ0v) is 13.8. The summed E-state index contributed by atoms with van der Waals surface area (Å²) in [6.07, 6.45) is 3.96. The van der Waals surface area contributed by atoms with Gasteiger partial charge < -0.3 is 15.2 Å². The predicted octanol–water partition coefficient (Wildman–Crippen LogP) is 1.63. The Hall–Kier alpha value is -1.02. The number of hydrogen-bond acceptors (Lipinski definition) is 5. The van der Waals surface area contributed by atoms with Crippen molar-refractivity contribution in [2.45, 2.75) is 36.6 Å². The summed E-state index contributed by atoms with van der Waals surface area (Å²) in [5.74, 6) is 1.26. The Morgan fingerprint density at radius 2 is 1.91 bits per heavy atom. The van der Waals surface area contributed by atoms with Crippen LogP contribution in [0, 0.1) is 5.92 Å². The van der Waals surface area contributed by atoms with E-state index in [1.54, 1.807) is 6.07 Å². The van der Waals surface area contributed by atoms with E-state index >= 15 is 0 Å². The Kier molecular flexibility index (Phi) is 5.55. The topological polar surface area (TPSA) is 90.7 Å². The van der Waals surface area contributed by atoms with Crippen molar-refractivity contribution in [3.63, 3.8) is 0 Å². The summed E-state index contributed by atoms with van der Waals surface area (Å²) in [5, 5.41) is 0. The standard InChI is InChI=1S/C14H20N2O4S.ClH/c15-8-10-3-1-2-4-12(10)16-21(17,18)11-5-6-13-14(7-11)20-9-19-13;/h5-7,10,12,16H,1-4,8-9,15H2;1H. The summed E-state index contributed by atoms with van der Waals surface area (Å²) < 4.78 is 38.3. The molecule has 1 saturated carbocycles. The number of hydrogen-bond donors (Lipinski definition) is 2. The highest BCUT2D eigenvalue weighted by atomic mass is 35.5. The lowest BCUT2D eigenvalue weighted by atomic mass is 9.85. The first kappa shape index (κ1) is 17.3. The summed E-state index contributed by atoms with van der Waals surface area (Å²) in [5.41, 5.74) is 5.75. The van der Waals surface area contributed by atoms with Crippen LogP contribution in [0.25, 0.3) is 0 Å². The van der Waals surface area contributed by atoms with E-state index in [0.717, 1.165) is 25.7 Å². The average Bonchev–Trinajstić information content (AvgIpc) is 2.95. The molecule has 0 spiro atoms. The van der Waals surface area contributed by atoms with Crippen LogP contribution in [0.15, 0.2) is 23.1 Å². The second-order valence-corrected chi connectivity index (χ2v) is 7.24. The molecule has 22 heavy (non-hydrogen) atoms. The fraction of sp³-hybridized carbons (Fsp3) is 0.571. The number of fused-ring (bicyclic) bond motifs is 1. The van der Waals surface area contributed by atoms with Crippen molar-refractivity contribution in [3.05, 3.63) is 18.2 Å². The molecule has 1 fully saturated rings. The summed E-state index contributed by atoms with van der Waals surface area (Å²) in [6, 6.07) is 4.58. The quantitative estimate of drug-likeness (QED) is 0.863. The lowest BCUT2D eigenvalue weighted by Gasteiger charge is -2.31. The fourth-order valence-corrected chi connectivity index (χ4v) is 4.31. The van der Waals surface area contributed by atoms with Gasteiger partial charge in [0.25, 0.3) is 0 Å². The molecule has 124 valence electrons. The van der Waals surface area contributed by atoms with Gasteiger partial charge in [-0.1, -0.05) is 12.8 Å². The SMILES string of the molecule is Cl.NCC1CCCCC1NS(=O)(=O)c1ccc2c(c1)OCO2. The number of rotatable bonds is 4. The Labute approximate surface area is 136 Å². The molecule has 2 unspecified atom stereocenters. The van der Waals surface area contributed by atoms with Crippen LogP contribution in [-0.2, 0) is 10.0 Å². The van der Waals surface area contributed by atoms with E-state index in [1.165, 1.54) is 12.1 Å². The van der Waals surface area contributed by atoms with Crippen LogP contribution in [0.3, 0.4) is 0 Å². The second kappa shape index (κ2) is 7.04. The van der Waals surface area contributed by atoms with Gasteiger partial charge in [0.05, 0.1) is 4.90 Å². The lowest BCUT2D eigenvalue weighted by Crippen LogP contribution is -2.44. The molecule has 1 aliphatic carbocycles. The first-order chi connectivity index (χ1) is 10.1. The van der Waals surface area contributed by atoms with Gasteiger partial charge in [0.15, 0.2) is 11.5 Å². The molecule has 3 rings (SSSR count). The van der Waals surface area contributed by atoms with Crippen LogP contribution >= 0.6 is 12.4 Å². The maximum Gasteiger partial charge on any atom is 0.240 e. The predicted molar refractivity (Wildman–Crippen MR) is 84.9 cm³/mol. The largest absolute Gasteiger partial charge is 0.454 e. The molecule has 0 radical (unpaired) electrons. The Morgan fingerprint density at radius 1 is 1.18 bits per heavy atom. The minimum Gasteiger partial charge on any atom is -0.454 e. The van der Waals surface area contributed by atoms with Crippen molar-refractivity contribution < 1.29 is 17.9 Å². The normalized spacial score (nSPS) is 23.9. The van der Waals surface area contributed by atoms with Gasteiger partial charge in [-0.2, -0.15) is 0 Å². The molecule has 3 N–H and O–H groups in total. The molecule has 1 heterocycles. The fourth-order valence-electron chi connectivity index (χ4n) is 2.96. The monoisotopic (exact) mass is 348 g/mol. The van der Waals surface area contributed by atoms with Crippen LogP contribution in [0.5, 0.6) is 11.5 Å². The number of nitrogens with two attached hydrogens (primary N) is 1. The Bertz CT molecular complexity index is 623. The van der Waals surface area contributed by atoms with Crippen molar-refractivity contribution in [2.24, 2.45) is 11.7 Å². The minimum atomic E-state index is -3.57. The molecule has 1 aromatic rings. The van der Waals surface area contributed by atoms with Crippen LogP contribution in [0.2, 0.25) is 0 Å². The van der Waals surface area contributed by atoms with E-state index in [1.807, 2.05) is 0 Å². The van der Waals surface area contributed by atoms with Gasteiger partial charge in [0.2, 0.25) is 16.8 Å². The number of sulfonamides is 1. The van der Waals surface area contributed by atoms with E-state index in [-0.39, 0.29) is 36.1 Å². The molecule has 8 heteroatoms. The molecule has 2 atom stereocenters. The van der Waals surface area contributed by atoms with Crippen molar-refractivity contribution in [1.82, 2.24) is 4.72 Å². The third-order valence-electron chi connectivity index (χ3n) is 4.17. The summed E-state index contributed by atoms with van der Waals surface area (Å²) in [4.78, 5) is 0.202. The highest BCUT2D eigenvalue weighted by molar-refractivity contribution is 7.89. The second-order valence-electron chi connectivity index (χ2n) is 5.52. The van der Waals surface area contributed by atoms with Crippen molar-refractivity contribution in [3.8, 4) is 11.5 Å². The average molecular weight is 349 g/mol. The molecular weight excluding hydrogens is 328 g/mol. The van der Waals surface area contributed by atoms with Crippen molar-refractivity contribution in [2.75, 3.05) is 13.3 Å². The summed E-state index contributed by atoms with van der Waals surface area (Å²) >= 11 is 0. The third kappa shape index (κ3) is 3.48. The lowest BCUT2D eigenvalue weighted by molar-refractivity contribution is 0.174. The highest BCUT2D eigenvalue weighted by Gasteiger charge is 2.29. The molecule has 2 aliphatic rings. The highest BCUT2D eigenvalue weighted by Crippen LogP contribution is 2.34. The Morgan fingerprint density at radius 3 is 2.68 bits per heavy atom. The maximum absolute atomic E-state index is 12.5.